The molecule has 2 aliphatic rings. The van der Waals surface area contributed by atoms with Crippen molar-refractivity contribution in [2.24, 2.45) is 17.3 Å². The highest BCUT2D eigenvalue weighted by molar-refractivity contribution is 9.09. The average Bonchev–Trinajstić information content (AvgIpc) is 3.02. The van der Waals surface area contributed by atoms with Gasteiger partial charge in [-0.05, 0) is 54.6 Å². The van der Waals surface area contributed by atoms with Gasteiger partial charge in [-0.2, -0.15) is 0 Å². The molecule has 0 amide bonds. The zero-order chi connectivity index (χ0) is 13.5. The fourth-order valence-corrected chi connectivity index (χ4v) is 5.10. The fourth-order valence-electron chi connectivity index (χ4n) is 4.22. The van der Waals surface area contributed by atoms with Crippen molar-refractivity contribution in [3.63, 3.8) is 0 Å². The van der Waals surface area contributed by atoms with Crippen LogP contribution in [0.15, 0.2) is 18.2 Å². The van der Waals surface area contributed by atoms with Crippen LogP contribution in [0.25, 0.3) is 0 Å². The standard InChI is InChI=1S/C16H20BrFO/c1-19-14-4-2-3-12(15(14)18)9-16(10-17)8-11-5-6-13(16)7-11/h2-4,11,13H,5-10H2,1H3. The van der Waals surface area contributed by atoms with Gasteiger partial charge in [0.05, 0.1) is 7.11 Å². The number of fused-ring (bicyclic) bond motifs is 2. The zero-order valence-corrected chi connectivity index (χ0v) is 12.9. The van der Waals surface area contributed by atoms with Gasteiger partial charge < -0.3 is 4.74 Å². The highest BCUT2D eigenvalue weighted by atomic mass is 79.9. The van der Waals surface area contributed by atoms with Crippen molar-refractivity contribution in [3.8, 4) is 5.75 Å². The summed E-state index contributed by atoms with van der Waals surface area (Å²) in [5, 5.41) is 0.984. The Bertz CT molecular complexity index is 476. The minimum absolute atomic E-state index is 0.173. The normalized spacial score (nSPS) is 32.8. The number of benzene rings is 1. The molecule has 2 fully saturated rings. The van der Waals surface area contributed by atoms with E-state index in [9.17, 15) is 4.39 Å². The Labute approximate surface area is 122 Å². The highest BCUT2D eigenvalue weighted by Crippen LogP contribution is 2.58. The van der Waals surface area contributed by atoms with Crippen molar-refractivity contribution < 1.29 is 9.13 Å². The summed E-state index contributed by atoms with van der Waals surface area (Å²) in [5.74, 6) is 1.83. The maximum atomic E-state index is 14.3. The number of rotatable bonds is 4. The second-order valence-corrected chi connectivity index (χ2v) is 6.75. The predicted octanol–water partition coefficient (Wildman–Crippen LogP) is 4.58. The van der Waals surface area contributed by atoms with Crippen molar-refractivity contribution >= 4 is 15.9 Å². The minimum atomic E-state index is -0.173. The van der Waals surface area contributed by atoms with Gasteiger partial charge >= 0.3 is 0 Å². The van der Waals surface area contributed by atoms with E-state index in [1.807, 2.05) is 12.1 Å². The molecule has 1 aromatic rings. The van der Waals surface area contributed by atoms with Crippen molar-refractivity contribution in [1.82, 2.24) is 0 Å². The van der Waals surface area contributed by atoms with Gasteiger partial charge in [0.2, 0.25) is 0 Å². The third-order valence-corrected chi connectivity index (χ3v) is 6.29. The second kappa shape index (κ2) is 5.08. The first-order valence-electron chi connectivity index (χ1n) is 7.06. The number of alkyl halides is 1. The van der Waals surface area contributed by atoms with Crippen molar-refractivity contribution in [1.29, 1.82) is 0 Å². The molecule has 0 saturated heterocycles. The van der Waals surface area contributed by atoms with Crippen LogP contribution >= 0.6 is 15.9 Å². The Morgan fingerprint density at radius 3 is 2.84 bits per heavy atom. The first kappa shape index (κ1) is 13.4. The third-order valence-electron chi connectivity index (χ3n) is 5.17. The lowest BCUT2D eigenvalue weighted by Crippen LogP contribution is -2.32. The Morgan fingerprint density at radius 1 is 1.42 bits per heavy atom. The van der Waals surface area contributed by atoms with Crippen LogP contribution in [0.3, 0.4) is 0 Å². The summed E-state index contributed by atoms with van der Waals surface area (Å²) in [7, 11) is 1.53. The summed E-state index contributed by atoms with van der Waals surface area (Å²) < 4.78 is 19.4. The van der Waals surface area contributed by atoms with E-state index in [2.05, 4.69) is 15.9 Å². The molecule has 0 aliphatic heterocycles. The van der Waals surface area contributed by atoms with Crippen molar-refractivity contribution in [2.45, 2.75) is 32.1 Å². The van der Waals surface area contributed by atoms with Gasteiger partial charge in [0.25, 0.3) is 0 Å². The molecule has 3 unspecified atom stereocenters. The maximum absolute atomic E-state index is 14.3. The molecule has 104 valence electrons. The number of ether oxygens (including phenoxy) is 1. The minimum Gasteiger partial charge on any atom is -0.494 e. The van der Waals surface area contributed by atoms with Crippen LogP contribution in [-0.2, 0) is 6.42 Å². The molecule has 2 bridgehead atoms. The molecule has 0 aromatic heterocycles. The molecule has 0 N–H and O–H groups in total. The molecule has 3 heteroatoms. The van der Waals surface area contributed by atoms with Crippen LogP contribution in [0.5, 0.6) is 5.75 Å². The second-order valence-electron chi connectivity index (χ2n) is 6.19. The number of hydrogen-bond acceptors (Lipinski definition) is 1. The van der Waals surface area contributed by atoms with E-state index in [0.717, 1.165) is 29.2 Å². The summed E-state index contributed by atoms with van der Waals surface area (Å²) in [6.45, 7) is 0. The highest BCUT2D eigenvalue weighted by Gasteiger charge is 2.50. The van der Waals surface area contributed by atoms with E-state index in [-0.39, 0.29) is 11.2 Å². The predicted molar refractivity (Wildman–Crippen MR) is 78.3 cm³/mol. The summed E-state index contributed by atoms with van der Waals surface area (Å²) in [6, 6.07) is 5.50. The van der Waals surface area contributed by atoms with Crippen LogP contribution in [0.1, 0.15) is 31.2 Å². The molecule has 2 saturated carbocycles. The Hall–Kier alpha value is -0.570. The van der Waals surface area contributed by atoms with Gasteiger partial charge in [0, 0.05) is 5.33 Å². The van der Waals surface area contributed by atoms with Gasteiger partial charge in [-0.15, -0.1) is 0 Å². The molecule has 3 atom stereocenters. The SMILES string of the molecule is COc1cccc(CC2(CBr)CC3CCC2C3)c1F. The zero-order valence-electron chi connectivity index (χ0n) is 11.3. The first-order chi connectivity index (χ1) is 9.18. The topological polar surface area (TPSA) is 9.23 Å². The lowest BCUT2D eigenvalue weighted by atomic mass is 9.71. The molecule has 0 heterocycles. The van der Waals surface area contributed by atoms with Gasteiger partial charge in [0.15, 0.2) is 11.6 Å². The summed E-state index contributed by atoms with van der Waals surface area (Å²) >= 11 is 3.70. The summed E-state index contributed by atoms with van der Waals surface area (Å²) in [4.78, 5) is 0. The van der Waals surface area contributed by atoms with E-state index in [1.165, 1.54) is 32.8 Å². The molecule has 2 aliphatic carbocycles. The molecule has 0 spiro atoms. The van der Waals surface area contributed by atoms with E-state index >= 15 is 0 Å². The van der Waals surface area contributed by atoms with E-state index < -0.39 is 0 Å². The van der Waals surface area contributed by atoms with Crippen LogP contribution < -0.4 is 4.74 Å². The lowest BCUT2D eigenvalue weighted by molar-refractivity contribution is 0.194. The van der Waals surface area contributed by atoms with E-state index in [4.69, 9.17) is 4.74 Å². The number of hydrogen-bond donors (Lipinski definition) is 0. The van der Waals surface area contributed by atoms with Gasteiger partial charge in [0.1, 0.15) is 0 Å². The first-order valence-corrected chi connectivity index (χ1v) is 8.18. The van der Waals surface area contributed by atoms with Crippen LogP contribution in [0.2, 0.25) is 0 Å². The summed E-state index contributed by atoms with van der Waals surface area (Å²) in [6.07, 6.45) is 6.13. The summed E-state index contributed by atoms with van der Waals surface area (Å²) in [5.41, 5.74) is 1.07. The molecule has 1 aromatic carbocycles. The van der Waals surface area contributed by atoms with E-state index in [1.54, 1.807) is 6.07 Å². The Balaban J connectivity index is 1.88. The van der Waals surface area contributed by atoms with Crippen molar-refractivity contribution in [2.75, 3.05) is 12.4 Å². The average molecular weight is 327 g/mol. The quantitative estimate of drug-likeness (QED) is 0.736. The monoisotopic (exact) mass is 326 g/mol. The number of halogens is 2. The van der Waals surface area contributed by atoms with Crippen LogP contribution in [-0.4, -0.2) is 12.4 Å². The largest absolute Gasteiger partial charge is 0.494 e. The van der Waals surface area contributed by atoms with E-state index in [0.29, 0.717) is 5.75 Å². The third kappa shape index (κ3) is 2.20. The fraction of sp³-hybridized carbons (Fsp3) is 0.625. The van der Waals surface area contributed by atoms with Crippen molar-refractivity contribution in [3.05, 3.63) is 29.6 Å². The molecular formula is C16H20BrFO. The molecule has 0 radical (unpaired) electrons. The molecule has 19 heavy (non-hydrogen) atoms. The molecular weight excluding hydrogens is 307 g/mol. The van der Waals surface area contributed by atoms with Crippen LogP contribution in [0, 0.1) is 23.1 Å². The maximum Gasteiger partial charge on any atom is 0.168 e. The number of methoxy groups -OCH3 is 1. The van der Waals surface area contributed by atoms with Gasteiger partial charge in [-0.25, -0.2) is 4.39 Å². The molecule has 1 nitrogen and oxygen atoms in total. The smallest absolute Gasteiger partial charge is 0.168 e. The van der Waals surface area contributed by atoms with Gasteiger partial charge in [-0.3, -0.25) is 0 Å². The van der Waals surface area contributed by atoms with Gasteiger partial charge in [-0.1, -0.05) is 34.5 Å². The lowest BCUT2D eigenvalue weighted by Gasteiger charge is -2.36. The Kier molecular flexibility index (Phi) is 3.59. The van der Waals surface area contributed by atoms with Crippen LogP contribution in [0.4, 0.5) is 4.39 Å². The molecule has 3 rings (SSSR count). The Morgan fingerprint density at radius 2 is 2.26 bits per heavy atom.